The van der Waals surface area contributed by atoms with Crippen molar-refractivity contribution in [3.8, 4) is 0 Å². The Hall–Kier alpha value is -2.13. The Morgan fingerprint density at radius 1 is 1.00 bits per heavy atom. The number of hydrogen-bond acceptors (Lipinski definition) is 2. The molecule has 0 N–H and O–H groups in total. The molecule has 0 aliphatic carbocycles. The van der Waals surface area contributed by atoms with E-state index in [1.165, 1.54) is 5.56 Å². The number of carbonyl (C=O) groups excluding carboxylic acids is 1. The van der Waals surface area contributed by atoms with Crippen molar-refractivity contribution in [1.29, 1.82) is 0 Å². The Morgan fingerprint density at radius 3 is 2.33 bits per heavy atom. The Labute approximate surface area is 145 Å². The average Bonchev–Trinajstić information content (AvgIpc) is 2.58. The molecule has 0 bridgehead atoms. The Bertz CT molecular complexity index is 639. The minimum absolute atomic E-state index is 0.161. The lowest BCUT2D eigenvalue weighted by molar-refractivity contribution is -0.119. The van der Waals surface area contributed by atoms with Crippen LogP contribution in [0.3, 0.4) is 0 Å². The molecule has 24 heavy (non-hydrogen) atoms. The number of nitrogens with zero attached hydrogens (tertiary/aromatic N) is 2. The van der Waals surface area contributed by atoms with Crippen molar-refractivity contribution in [1.82, 2.24) is 4.90 Å². The molecule has 0 unspecified atom stereocenters. The first-order valence-electron chi connectivity index (χ1n) is 8.70. The Morgan fingerprint density at radius 2 is 1.67 bits per heavy atom. The van der Waals surface area contributed by atoms with E-state index in [0.717, 1.165) is 30.6 Å². The lowest BCUT2D eigenvalue weighted by Gasteiger charge is -2.25. The van der Waals surface area contributed by atoms with Crippen molar-refractivity contribution in [3.05, 3.63) is 65.7 Å². The summed E-state index contributed by atoms with van der Waals surface area (Å²) in [5, 5.41) is 0. The number of rotatable bonds is 8. The molecule has 3 nitrogen and oxygen atoms in total. The molecule has 3 heteroatoms. The monoisotopic (exact) mass is 324 g/mol. The molecule has 2 rings (SSSR count). The van der Waals surface area contributed by atoms with E-state index in [0.29, 0.717) is 13.1 Å². The second-order valence-electron chi connectivity index (χ2n) is 6.25. The third-order valence-electron chi connectivity index (χ3n) is 4.28. The lowest BCUT2D eigenvalue weighted by Crippen LogP contribution is -2.39. The normalized spacial score (nSPS) is 10.8. The van der Waals surface area contributed by atoms with Crippen molar-refractivity contribution in [3.63, 3.8) is 0 Å². The first kappa shape index (κ1) is 18.2. The van der Waals surface area contributed by atoms with Gasteiger partial charge in [0.15, 0.2) is 0 Å². The van der Waals surface area contributed by atoms with Crippen molar-refractivity contribution < 1.29 is 4.79 Å². The molecular formula is C21H28N2O. The SMILES string of the molecule is CCN(C(=O)CN(C)CCCc1ccccc1)c1ccccc1C. The Balaban J connectivity index is 1.84. The van der Waals surface area contributed by atoms with Crippen LogP contribution in [0.15, 0.2) is 54.6 Å². The zero-order chi connectivity index (χ0) is 17.4. The minimum atomic E-state index is 0.161. The topological polar surface area (TPSA) is 23.6 Å². The summed E-state index contributed by atoms with van der Waals surface area (Å²) in [6.07, 6.45) is 2.11. The zero-order valence-electron chi connectivity index (χ0n) is 15.0. The van der Waals surface area contributed by atoms with Gasteiger partial charge in [-0.05, 0) is 57.5 Å². The van der Waals surface area contributed by atoms with E-state index in [1.54, 1.807) is 0 Å². The van der Waals surface area contributed by atoms with Crippen LogP contribution in [0, 0.1) is 6.92 Å². The summed E-state index contributed by atoms with van der Waals surface area (Å²) in [6, 6.07) is 18.6. The number of para-hydroxylation sites is 1. The summed E-state index contributed by atoms with van der Waals surface area (Å²) >= 11 is 0. The number of likely N-dealkylation sites (N-methyl/N-ethyl adjacent to an activating group) is 2. The summed E-state index contributed by atoms with van der Waals surface area (Å²) in [7, 11) is 2.02. The highest BCUT2D eigenvalue weighted by molar-refractivity contribution is 5.95. The highest BCUT2D eigenvalue weighted by Gasteiger charge is 2.17. The summed E-state index contributed by atoms with van der Waals surface area (Å²) in [5.41, 5.74) is 3.51. The molecule has 1 amide bonds. The van der Waals surface area contributed by atoms with E-state index in [2.05, 4.69) is 42.2 Å². The number of aryl methyl sites for hydroxylation is 2. The van der Waals surface area contributed by atoms with Gasteiger partial charge in [0.1, 0.15) is 0 Å². The average molecular weight is 324 g/mol. The summed E-state index contributed by atoms with van der Waals surface area (Å²) in [5.74, 6) is 0.161. The maximum absolute atomic E-state index is 12.7. The molecule has 0 aromatic heterocycles. The molecule has 0 radical (unpaired) electrons. The van der Waals surface area contributed by atoms with Gasteiger partial charge < -0.3 is 4.90 Å². The van der Waals surface area contributed by atoms with Gasteiger partial charge in [0, 0.05) is 12.2 Å². The van der Waals surface area contributed by atoms with E-state index >= 15 is 0 Å². The highest BCUT2D eigenvalue weighted by Crippen LogP contribution is 2.19. The third-order valence-corrected chi connectivity index (χ3v) is 4.28. The van der Waals surface area contributed by atoms with E-state index in [1.807, 2.05) is 43.1 Å². The minimum Gasteiger partial charge on any atom is -0.311 e. The molecule has 0 atom stereocenters. The lowest BCUT2D eigenvalue weighted by atomic mass is 10.1. The van der Waals surface area contributed by atoms with Gasteiger partial charge >= 0.3 is 0 Å². The molecule has 0 heterocycles. The summed E-state index contributed by atoms with van der Waals surface area (Å²) in [4.78, 5) is 16.7. The van der Waals surface area contributed by atoms with Gasteiger partial charge in [-0.1, -0.05) is 48.5 Å². The number of carbonyl (C=O) groups is 1. The molecule has 0 spiro atoms. The van der Waals surface area contributed by atoms with Gasteiger partial charge in [-0.15, -0.1) is 0 Å². The predicted molar refractivity (Wildman–Crippen MR) is 101 cm³/mol. The van der Waals surface area contributed by atoms with Gasteiger partial charge in [0.05, 0.1) is 6.54 Å². The van der Waals surface area contributed by atoms with E-state index in [-0.39, 0.29) is 5.91 Å². The van der Waals surface area contributed by atoms with Crippen LogP contribution in [0.2, 0.25) is 0 Å². The fraction of sp³-hybridized carbons (Fsp3) is 0.381. The predicted octanol–water partition coefficient (Wildman–Crippen LogP) is 3.91. The van der Waals surface area contributed by atoms with Gasteiger partial charge in [-0.2, -0.15) is 0 Å². The molecule has 128 valence electrons. The molecule has 0 saturated heterocycles. The highest BCUT2D eigenvalue weighted by atomic mass is 16.2. The maximum atomic E-state index is 12.7. The van der Waals surface area contributed by atoms with Crippen molar-refractivity contribution in [2.75, 3.05) is 31.6 Å². The third kappa shape index (κ3) is 5.20. The van der Waals surface area contributed by atoms with Crippen molar-refractivity contribution >= 4 is 11.6 Å². The van der Waals surface area contributed by atoms with Crippen LogP contribution in [0.1, 0.15) is 24.5 Å². The first-order valence-corrected chi connectivity index (χ1v) is 8.70. The van der Waals surface area contributed by atoms with Gasteiger partial charge in [0.25, 0.3) is 0 Å². The van der Waals surface area contributed by atoms with E-state index in [4.69, 9.17) is 0 Å². The zero-order valence-corrected chi connectivity index (χ0v) is 15.0. The maximum Gasteiger partial charge on any atom is 0.241 e. The van der Waals surface area contributed by atoms with Gasteiger partial charge in [-0.25, -0.2) is 0 Å². The van der Waals surface area contributed by atoms with Crippen LogP contribution < -0.4 is 4.90 Å². The Kier molecular flexibility index (Phi) is 7.01. The number of anilines is 1. The van der Waals surface area contributed by atoms with Crippen LogP contribution in [0.4, 0.5) is 5.69 Å². The van der Waals surface area contributed by atoms with Gasteiger partial charge in [0.2, 0.25) is 5.91 Å². The quantitative estimate of drug-likeness (QED) is 0.735. The molecule has 0 fully saturated rings. The second-order valence-corrected chi connectivity index (χ2v) is 6.25. The van der Waals surface area contributed by atoms with Crippen LogP contribution in [0.5, 0.6) is 0 Å². The molecule has 2 aromatic carbocycles. The van der Waals surface area contributed by atoms with Crippen LogP contribution in [0.25, 0.3) is 0 Å². The molecule has 0 aliphatic rings. The van der Waals surface area contributed by atoms with E-state index in [9.17, 15) is 4.79 Å². The van der Waals surface area contributed by atoms with Crippen LogP contribution in [-0.2, 0) is 11.2 Å². The molecule has 0 aliphatic heterocycles. The molecular weight excluding hydrogens is 296 g/mol. The van der Waals surface area contributed by atoms with Gasteiger partial charge in [-0.3, -0.25) is 9.69 Å². The molecule has 2 aromatic rings. The fourth-order valence-electron chi connectivity index (χ4n) is 2.94. The largest absolute Gasteiger partial charge is 0.311 e. The van der Waals surface area contributed by atoms with Crippen LogP contribution in [-0.4, -0.2) is 37.5 Å². The summed E-state index contributed by atoms with van der Waals surface area (Å²) in [6.45, 7) is 6.15. The standard InChI is InChI=1S/C21H28N2O/c1-4-23(20-15-9-8-11-18(20)2)21(24)17-22(3)16-10-14-19-12-6-5-7-13-19/h5-9,11-13,15H,4,10,14,16-17H2,1-3H3. The number of hydrogen-bond donors (Lipinski definition) is 0. The van der Waals surface area contributed by atoms with E-state index < -0.39 is 0 Å². The number of amides is 1. The molecule has 0 saturated carbocycles. The first-order chi connectivity index (χ1) is 11.6. The smallest absolute Gasteiger partial charge is 0.241 e. The number of benzene rings is 2. The second kappa shape index (κ2) is 9.24. The fourth-order valence-corrected chi connectivity index (χ4v) is 2.94. The summed E-state index contributed by atoms with van der Waals surface area (Å²) < 4.78 is 0. The van der Waals surface area contributed by atoms with Crippen molar-refractivity contribution in [2.45, 2.75) is 26.7 Å². The van der Waals surface area contributed by atoms with Crippen molar-refractivity contribution in [2.24, 2.45) is 0 Å². The van der Waals surface area contributed by atoms with Crippen LogP contribution >= 0.6 is 0 Å².